The van der Waals surface area contributed by atoms with Crippen molar-refractivity contribution in [2.45, 2.75) is 38.8 Å². The molecule has 116 valence electrons. The molecule has 1 unspecified atom stereocenters. The first-order valence-electron chi connectivity index (χ1n) is 7.24. The lowest BCUT2D eigenvalue weighted by Crippen LogP contribution is -2.19. The largest absolute Gasteiger partial charge is 0.460 e. The van der Waals surface area contributed by atoms with Gasteiger partial charge in [-0.3, -0.25) is 5.10 Å². The molecule has 0 spiro atoms. The van der Waals surface area contributed by atoms with E-state index < -0.39 is 0 Å². The van der Waals surface area contributed by atoms with Crippen molar-refractivity contribution in [3.05, 3.63) is 29.7 Å². The third-order valence-electron chi connectivity index (χ3n) is 3.69. The second-order valence-corrected chi connectivity index (χ2v) is 5.28. The summed E-state index contributed by atoms with van der Waals surface area (Å²) in [5.74, 6) is 1.75. The topological polar surface area (TPSA) is 63.1 Å². The molecule has 5 nitrogen and oxygen atoms in total. The fourth-order valence-corrected chi connectivity index (χ4v) is 2.59. The molecule has 6 heteroatoms. The first kappa shape index (κ1) is 16.1. The predicted molar refractivity (Wildman–Crippen MR) is 83.6 cm³/mol. The summed E-state index contributed by atoms with van der Waals surface area (Å²) in [5.41, 5.74) is 2.09. The van der Waals surface area contributed by atoms with E-state index in [1.54, 1.807) is 0 Å². The molecule has 2 aromatic heterocycles. The Hall–Kier alpha value is -1.30. The number of hydrogen-bond acceptors (Lipinski definition) is 4. The van der Waals surface area contributed by atoms with Crippen LogP contribution in [0.1, 0.15) is 30.6 Å². The van der Waals surface area contributed by atoms with E-state index in [1.165, 1.54) is 12.8 Å². The fourth-order valence-electron chi connectivity index (χ4n) is 2.59. The van der Waals surface area contributed by atoms with Crippen LogP contribution >= 0.6 is 12.4 Å². The van der Waals surface area contributed by atoms with E-state index in [1.807, 2.05) is 25.3 Å². The van der Waals surface area contributed by atoms with Crippen LogP contribution in [0.2, 0.25) is 0 Å². The van der Waals surface area contributed by atoms with E-state index in [2.05, 4.69) is 15.5 Å². The summed E-state index contributed by atoms with van der Waals surface area (Å²) in [6.45, 7) is 4.62. The van der Waals surface area contributed by atoms with Gasteiger partial charge in [-0.05, 0) is 44.9 Å². The molecule has 1 aliphatic rings. The van der Waals surface area contributed by atoms with Gasteiger partial charge in [0, 0.05) is 18.7 Å². The lowest BCUT2D eigenvalue weighted by atomic mass is 10.1. The number of aromatic nitrogens is 2. The van der Waals surface area contributed by atoms with Crippen molar-refractivity contribution in [3.63, 3.8) is 0 Å². The second-order valence-electron chi connectivity index (χ2n) is 5.28. The van der Waals surface area contributed by atoms with Gasteiger partial charge in [0.05, 0.1) is 12.3 Å². The Labute approximate surface area is 130 Å². The lowest BCUT2D eigenvalue weighted by molar-refractivity contribution is 0.104. The number of aromatic amines is 1. The van der Waals surface area contributed by atoms with Crippen molar-refractivity contribution < 1.29 is 9.15 Å². The standard InChI is InChI=1S/C15H21N3O2.ClH/c1-11-4-5-14(20-11)15-12(10-17-18-15)9-16-7-6-13-3-2-8-19-13;/h4-5,10,13,16H,2-3,6-9H2,1H3,(H,17,18);1H. The number of H-pyrrole nitrogens is 1. The van der Waals surface area contributed by atoms with Gasteiger partial charge < -0.3 is 14.5 Å². The van der Waals surface area contributed by atoms with Crippen LogP contribution in [-0.2, 0) is 11.3 Å². The van der Waals surface area contributed by atoms with E-state index in [0.717, 1.165) is 48.9 Å². The van der Waals surface area contributed by atoms with Crippen molar-refractivity contribution in [1.82, 2.24) is 15.5 Å². The quantitative estimate of drug-likeness (QED) is 0.805. The van der Waals surface area contributed by atoms with Gasteiger partial charge in [-0.2, -0.15) is 5.10 Å². The zero-order chi connectivity index (χ0) is 13.8. The number of halogens is 1. The maximum absolute atomic E-state index is 5.64. The lowest BCUT2D eigenvalue weighted by Gasteiger charge is -2.09. The smallest absolute Gasteiger partial charge is 0.152 e. The average Bonchev–Trinajstić information content (AvgIpc) is 3.16. The molecule has 1 saturated heterocycles. The number of hydrogen-bond donors (Lipinski definition) is 2. The molecule has 3 rings (SSSR count). The maximum atomic E-state index is 5.64. The second kappa shape index (κ2) is 7.64. The molecule has 2 aromatic rings. The van der Waals surface area contributed by atoms with Crippen molar-refractivity contribution >= 4 is 12.4 Å². The number of nitrogens with one attached hydrogen (secondary N) is 2. The van der Waals surface area contributed by atoms with Gasteiger partial charge in [0.15, 0.2) is 5.76 Å². The molecular weight excluding hydrogens is 290 g/mol. The zero-order valence-electron chi connectivity index (χ0n) is 12.2. The number of rotatable bonds is 6. The normalized spacial score (nSPS) is 17.9. The highest BCUT2D eigenvalue weighted by atomic mass is 35.5. The first-order valence-corrected chi connectivity index (χ1v) is 7.24. The SMILES string of the molecule is Cc1ccc(-c2[nH]ncc2CNCCC2CCCO2)o1.Cl. The van der Waals surface area contributed by atoms with Crippen LogP contribution in [0.25, 0.3) is 11.5 Å². The van der Waals surface area contributed by atoms with Crippen LogP contribution in [0, 0.1) is 6.92 Å². The van der Waals surface area contributed by atoms with Gasteiger partial charge in [-0.1, -0.05) is 0 Å². The number of furan rings is 1. The van der Waals surface area contributed by atoms with Crippen molar-refractivity contribution in [2.75, 3.05) is 13.2 Å². The number of ether oxygens (including phenoxy) is 1. The van der Waals surface area contributed by atoms with E-state index in [0.29, 0.717) is 6.10 Å². The molecule has 1 aliphatic heterocycles. The van der Waals surface area contributed by atoms with Crippen LogP contribution in [0.5, 0.6) is 0 Å². The summed E-state index contributed by atoms with van der Waals surface area (Å²) in [5, 5.41) is 10.6. The Morgan fingerprint density at radius 3 is 3.05 bits per heavy atom. The van der Waals surface area contributed by atoms with Gasteiger partial charge in [0.25, 0.3) is 0 Å². The summed E-state index contributed by atoms with van der Waals surface area (Å²) in [6, 6.07) is 3.93. The van der Waals surface area contributed by atoms with E-state index >= 15 is 0 Å². The molecule has 0 aliphatic carbocycles. The highest BCUT2D eigenvalue weighted by molar-refractivity contribution is 5.85. The molecule has 3 heterocycles. The van der Waals surface area contributed by atoms with Gasteiger partial charge >= 0.3 is 0 Å². The van der Waals surface area contributed by atoms with Crippen LogP contribution in [-0.4, -0.2) is 29.5 Å². The fraction of sp³-hybridized carbons (Fsp3) is 0.533. The third kappa shape index (κ3) is 4.09. The Morgan fingerprint density at radius 1 is 1.43 bits per heavy atom. The Bertz CT molecular complexity index is 547. The van der Waals surface area contributed by atoms with Crippen molar-refractivity contribution in [3.8, 4) is 11.5 Å². The molecule has 0 radical (unpaired) electrons. The highest BCUT2D eigenvalue weighted by Crippen LogP contribution is 2.23. The van der Waals surface area contributed by atoms with Crippen molar-refractivity contribution in [1.29, 1.82) is 0 Å². The predicted octanol–water partition coefficient (Wildman–Crippen LogP) is 3.06. The Balaban J connectivity index is 0.00000161. The average molecular weight is 312 g/mol. The van der Waals surface area contributed by atoms with Gasteiger partial charge in [0.2, 0.25) is 0 Å². The first-order chi connectivity index (χ1) is 9.83. The molecular formula is C15H22ClN3O2. The maximum Gasteiger partial charge on any atom is 0.152 e. The van der Waals surface area contributed by atoms with Crippen LogP contribution < -0.4 is 5.32 Å². The number of aryl methyl sites for hydroxylation is 1. The molecule has 1 atom stereocenters. The molecule has 0 aromatic carbocycles. The van der Waals surface area contributed by atoms with E-state index in [9.17, 15) is 0 Å². The molecule has 2 N–H and O–H groups in total. The monoisotopic (exact) mass is 311 g/mol. The van der Waals surface area contributed by atoms with Crippen LogP contribution in [0.3, 0.4) is 0 Å². The zero-order valence-corrected chi connectivity index (χ0v) is 13.0. The molecule has 1 fully saturated rings. The van der Waals surface area contributed by atoms with E-state index in [4.69, 9.17) is 9.15 Å². The van der Waals surface area contributed by atoms with Crippen molar-refractivity contribution in [2.24, 2.45) is 0 Å². The third-order valence-corrected chi connectivity index (χ3v) is 3.69. The summed E-state index contributed by atoms with van der Waals surface area (Å²) in [4.78, 5) is 0. The van der Waals surface area contributed by atoms with Gasteiger partial charge in [-0.25, -0.2) is 0 Å². The highest BCUT2D eigenvalue weighted by Gasteiger charge is 2.15. The summed E-state index contributed by atoms with van der Waals surface area (Å²) in [6.07, 6.45) is 5.77. The summed E-state index contributed by atoms with van der Waals surface area (Å²) >= 11 is 0. The minimum Gasteiger partial charge on any atom is -0.460 e. The van der Waals surface area contributed by atoms with Gasteiger partial charge in [-0.15, -0.1) is 12.4 Å². The Morgan fingerprint density at radius 2 is 2.33 bits per heavy atom. The Kier molecular flexibility index (Phi) is 5.85. The summed E-state index contributed by atoms with van der Waals surface area (Å²) in [7, 11) is 0. The molecule has 0 amide bonds. The number of nitrogens with zero attached hydrogens (tertiary/aromatic N) is 1. The summed E-state index contributed by atoms with van der Waals surface area (Å²) < 4.78 is 11.2. The van der Waals surface area contributed by atoms with E-state index in [-0.39, 0.29) is 12.4 Å². The molecule has 0 saturated carbocycles. The van der Waals surface area contributed by atoms with Crippen LogP contribution in [0.4, 0.5) is 0 Å². The van der Waals surface area contributed by atoms with Crippen LogP contribution in [0.15, 0.2) is 22.7 Å². The van der Waals surface area contributed by atoms with Gasteiger partial charge in [0.1, 0.15) is 11.5 Å². The minimum atomic E-state index is 0. The minimum absolute atomic E-state index is 0. The molecule has 21 heavy (non-hydrogen) atoms. The molecule has 0 bridgehead atoms.